The Kier molecular flexibility index (Phi) is 9.71. The van der Waals surface area contributed by atoms with Crippen molar-refractivity contribution in [2.24, 2.45) is 0 Å². The summed E-state index contributed by atoms with van der Waals surface area (Å²) in [6.45, 7) is 6.46. The van der Waals surface area contributed by atoms with Gasteiger partial charge in [0.1, 0.15) is 0 Å². The van der Waals surface area contributed by atoms with E-state index in [-0.39, 0.29) is 25.0 Å². The van der Waals surface area contributed by atoms with Crippen molar-refractivity contribution in [2.75, 3.05) is 19.8 Å². The summed E-state index contributed by atoms with van der Waals surface area (Å²) in [4.78, 5) is 24.2. The van der Waals surface area contributed by atoms with Crippen LogP contribution in [0, 0.1) is 0 Å². The highest BCUT2D eigenvalue weighted by Gasteiger charge is 2.13. The highest BCUT2D eigenvalue weighted by molar-refractivity contribution is 5.81. The van der Waals surface area contributed by atoms with E-state index in [0.29, 0.717) is 24.7 Å². The number of esters is 1. The van der Waals surface area contributed by atoms with Crippen molar-refractivity contribution in [3.05, 3.63) is 59.7 Å². The number of ether oxygens (including phenoxy) is 3. The Hall–Kier alpha value is -3.02. The Labute approximate surface area is 178 Å². The van der Waals surface area contributed by atoms with Crippen LogP contribution in [0.4, 0.5) is 0 Å². The van der Waals surface area contributed by atoms with Crippen LogP contribution in [0.2, 0.25) is 0 Å². The lowest BCUT2D eigenvalue weighted by molar-refractivity contribution is -0.148. The van der Waals surface area contributed by atoms with Gasteiger partial charge in [0.25, 0.3) is 5.91 Å². The summed E-state index contributed by atoms with van der Waals surface area (Å²) in [6.07, 6.45) is 1.75. The number of hydrogen-bond donors (Lipinski definition) is 1. The molecule has 6 nitrogen and oxygen atoms in total. The first-order valence-corrected chi connectivity index (χ1v) is 10.4. The Morgan fingerprint density at radius 2 is 1.63 bits per heavy atom. The summed E-state index contributed by atoms with van der Waals surface area (Å²) in [7, 11) is 0. The van der Waals surface area contributed by atoms with Crippen LogP contribution in [-0.2, 0) is 27.2 Å². The Balaban J connectivity index is 1.75. The Bertz CT molecular complexity index is 806. The van der Waals surface area contributed by atoms with E-state index in [0.717, 1.165) is 18.4 Å². The van der Waals surface area contributed by atoms with Gasteiger partial charge in [0.05, 0.1) is 19.6 Å². The van der Waals surface area contributed by atoms with Gasteiger partial charge in [0, 0.05) is 6.04 Å². The lowest BCUT2D eigenvalue weighted by atomic mass is 10.1. The molecule has 30 heavy (non-hydrogen) atoms. The molecule has 2 aromatic rings. The van der Waals surface area contributed by atoms with Gasteiger partial charge < -0.3 is 19.5 Å². The summed E-state index contributed by atoms with van der Waals surface area (Å²) < 4.78 is 16.2. The zero-order chi connectivity index (χ0) is 21.8. The van der Waals surface area contributed by atoms with E-state index < -0.39 is 5.97 Å². The maximum Gasteiger partial charge on any atom is 0.310 e. The van der Waals surface area contributed by atoms with Crippen LogP contribution in [0.25, 0.3) is 0 Å². The molecule has 0 aliphatic carbocycles. The first-order valence-electron chi connectivity index (χ1n) is 10.4. The minimum absolute atomic E-state index is 0.00345. The lowest BCUT2D eigenvalue weighted by Gasteiger charge is -2.14. The highest BCUT2D eigenvalue weighted by Crippen LogP contribution is 2.28. The average molecular weight is 414 g/mol. The summed E-state index contributed by atoms with van der Waals surface area (Å²) in [5.74, 6) is 0.467. The molecule has 2 rings (SSSR count). The molecular weight excluding hydrogens is 382 g/mol. The van der Waals surface area contributed by atoms with Crippen molar-refractivity contribution in [3.8, 4) is 11.5 Å². The SMILES string of the molecule is CCOc1ccc(CC(=O)OCC(=O)N[C@@H](C)CCc2ccccc2)cc1OCC. The van der Waals surface area contributed by atoms with Crippen molar-refractivity contribution in [2.45, 2.75) is 46.1 Å². The van der Waals surface area contributed by atoms with Gasteiger partial charge in [0.15, 0.2) is 18.1 Å². The molecule has 0 spiro atoms. The predicted molar refractivity (Wildman–Crippen MR) is 116 cm³/mol. The highest BCUT2D eigenvalue weighted by atomic mass is 16.5. The second-order valence-corrected chi connectivity index (χ2v) is 6.98. The molecule has 1 atom stereocenters. The zero-order valence-corrected chi connectivity index (χ0v) is 18.0. The van der Waals surface area contributed by atoms with Crippen LogP contribution in [0.15, 0.2) is 48.5 Å². The van der Waals surface area contributed by atoms with Gasteiger partial charge in [-0.1, -0.05) is 36.4 Å². The summed E-state index contributed by atoms with van der Waals surface area (Å²) in [6, 6.07) is 15.4. The van der Waals surface area contributed by atoms with E-state index in [9.17, 15) is 9.59 Å². The second kappa shape index (κ2) is 12.5. The largest absolute Gasteiger partial charge is 0.490 e. The van der Waals surface area contributed by atoms with Crippen LogP contribution in [0.5, 0.6) is 11.5 Å². The number of aryl methyl sites for hydroxylation is 1. The van der Waals surface area contributed by atoms with Crippen molar-refractivity contribution in [3.63, 3.8) is 0 Å². The van der Waals surface area contributed by atoms with Crippen LogP contribution in [0.1, 0.15) is 38.3 Å². The minimum Gasteiger partial charge on any atom is -0.490 e. The molecule has 0 saturated heterocycles. The van der Waals surface area contributed by atoms with E-state index in [1.807, 2.05) is 39.0 Å². The molecule has 1 N–H and O–H groups in total. The van der Waals surface area contributed by atoms with Crippen LogP contribution >= 0.6 is 0 Å². The zero-order valence-electron chi connectivity index (χ0n) is 18.0. The standard InChI is InChI=1S/C24H31NO5/c1-4-28-21-14-13-20(15-22(21)29-5-2)16-24(27)30-17-23(26)25-18(3)11-12-19-9-7-6-8-10-19/h6-10,13-15,18H,4-5,11-12,16-17H2,1-3H3,(H,25,26)/t18-/m0/s1. The summed E-state index contributed by atoms with van der Waals surface area (Å²) >= 11 is 0. The number of amides is 1. The number of carbonyl (C=O) groups is 2. The second-order valence-electron chi connectivity index (χ2n) is 6.98. The fourth-order valence-corrected chi connectivity index (χ4v) is 2.99. The molecule has 0 fully saturated rings. The summed E-state index contributed by atoms with van der Waals surface area (Å²) in [5, 5.41) is 2.86. The third kappa shape index (κ3) is 8.15. The number of rotatable bonds is 12. The van der Waals surface area contributed by atoms with E-state index in [2.05, 4.69) is 17.4 Å². The smallest absolute Gasteiger partial charge is 0.310 e. The van der Waals surface area contributed by atoms with Gasteiger partial charge in [-0.3, -0.25) is 9.59 Å². The first kappa shape index (κ1) is 23.3. The predicted octanol–water partition coefficient (Wildman–Crippen LogP) is 3.71. The minimum atomic E-state index is -0.464. The van der Waals surface area contributed by atoms with Crippen LogP contribution < -0.4 is 14.8 Å². The van der Waals surface area contributed by atoms with Crippen LogP contribution in [-0.4, -0.2) is 37.7 Å². The van der Waals surface area contributed by atoms with Gasteiger partial charge in [-0.25, -0.2) is 0 Å². The number of hydrogen-bond acceptors (Lipinski definition) is 5. The monoisotopic (exact) mass is 413 g/mol. The molecular formula is C24H31NO5. The molecule has 2 aromatic carbocycles. The molecule has 0 radical (unpaired) electrons. The van der Waals surface area contributed by atoms with E-state index in [1.54, 1.807) is 18.2 Å². The third-order valence-electron chi connectivity index (χ3n) is 4.44. The Morgan fingerprint density at radius 1 is 0.933 bits per heavy atom. The molecule has 6 heteroatoms. The van der Waals surface area contributed by atoms with Gasteiger partial charge in [-0.2, -0.15) is 0 Å². The third-order valence-corrected chi connectivity index (χ3v) is 4.44. The van der Waals surface area contributed by atoms with Gasteiger partial charge >= 0.3 is 5.97 Å². The normalized spacial score (nSPS) is 11.4. The quantitative estimate of drug-likeness (QED) is 0.537. The van der Waals surface area contributed by atoms with Crippen molar-refractivity contribution in [1.82, 2.24) is 5.32 Å². The van der Waals surface area contributed by atoms with Gasteiger partial charge in [-0.05, 0) is 56.9 Å². The molecule has 162 valence electrons. The molecule has 0 unspecified atom stereocenters. The molecule has 0 aromatic heterocycles. The average Bonchev–Trinajstić information content (AvgIpc) is 2.74. The van der Waals surface area contributed by atoms with Gasteiger partial charge in [0.2, 0.25) is 0 Å². The fraction of sp³-hybridized carbons (Fsp3) is 0.417. The first-order chi connectivity index (χ1) is 14.5. The van der Waals surface area contributed by atoms with E-state index in [4.69, 9.17) is 14.2 Å². The topological polar surface area (TPSA) is 73.9 Å². The van der Waals surface area contributed by atoms with Crippen molar-refractivity contribution >= 4 is 11.9 Å². The molecule has 1 amide bonds. The molecule has 0 saturated carbocycles. The van der Waals surface area contributed by atoms with E-state index in [1.165, 1.54) is 5.56 Å². The van der Waals surface area contributed by atoms with Gasteiger partial charge in [-0.15, -0.1) is 0 Å². The maximum atomic E-state index is 12.1. The van der Waals surface area contributed by atoms with Crippen LogP contribution in [0.3, 0.4) is 0 Å². The maximum absolute atomic E-state index is 12.1. The fourth-order valence-electron chi connectivity index (χ4n) is 2.99. The van der Waals surface area contributed by atoms with Crippen molar-refractivity contribution in [1.29, 1.82) is 0 Å². The molecule has 0 bridgehead atoms. The molecule has 0 aliphatic rings. The number of nitrogens with one attached hydrogen (secondary N) is 1. The van der Waals surface area contributed by atoms with E-state index >= 15 is 0 Å². The summed E-state index contributed by atoms with van der Waals surface area (Å²) in [5.41, 5.74) is 1.97. The van der Waals surface area contributed by atoms with Crippen molar-refractivity contribution < 1.29 is 23.8 Å². The molecule has 0 heterocycles. The number of benzene rings is 2. The lowest BCUT2D eigenvalue weighted by Crippen LogP contribution is -2.36. The Morgan fingerprint density at radius 3 is 2.33 bits per heavy atom. The number of carbonyl (C=O) groups excluding carboxylic acids is 2. The molecule has 0 aliphatic heterocycles.